The van der Waals surface area contributed by atoms with Crippen molar-refractivity contribution in [3.05, 3.63) is 0 Å². The van der Waals surface area contributed by atoms with E-state index in [1.54, 1.807) is 6.07 Å². The molecule has 0 aliphatic carbocycles. The summed E-state index contributed by atoms with van der Waals surface area (Å²) < 4.78 is 0. The van der Waals surface area contributed by atoms with Gasteiger partial charge in [-0.05, 0) is 13.3 Å². The van der Waals surface area contributed by atoms with Crippen LogP contribution >= 0.6 is 11.6 Å². The number of alkyl halides is 1. The second kappa shape index (κ2) is 3.05. The molecular weight excluding hydrogens is 138 g/mol. The van der Waals surface area contributed by atoms with Gasteiger partial charge in [0.15, 0.2) is 5.60 Å². The van der Waals surface area contributed by atoms with Crippen LogP contribution in [-0.4, -0.2) is 16.1 Å². The normalized spacial score (nSPS) is 19.9. The molecule has 2 nitrogen and oxygen atoms in total. The van der Waals surface area contributed by atoms with E-state index in [0.717, 1.165) is 0 Å². The number of hydrogen-bond donors (Lipinski definition) is 1. The van der Waals surface area contributed by atoms with Crippen LogP contribution < -0.4 is 0 Å². The van der Waals surface area contributed by atoms with Crippen LogP contribution in [0.25, 0.3) is 0 Å². The van der Waals surface area contributed by atoms with E-state index in [1.165, 1.54) is 6.92 Å². The maximum absolute atomic E-state index is 9.10. The van der Waals surface area contributed by atoms with E-state index in [1.807, 2.05) is 6.92 Å². The fourth-order valence-electron chi connectivity index (χ4n) is 0.468. The minimum Gasteiger partial charge on any atom is -0.374 e. The molecule has 0 fully saturated rings. The lowest BCUT2D eigenvalue weighted by atomic mass is 10.0. The Bertz CT molecular complexity index is 128. The van der Waals surface area contributed by atoms with E-state index >= 15 is 0 Å². The lowest BCUT2D eigenvalue weighted by Gasteiger charge is -2.18. The number of hydrogen-bond acceptors (Lipinski definition) is 2. The van der Waals surface area contributed by atoms with Gasteiger partial charge in [0.1, 0.15) is 0 Å². The van der Waals surface area contributed by atoms with E-state index in [4.69, 9.17) is 22.0 Å². The summed E-state index contributed by atoms with van der Waals surface area (Å²) in [6, 6.07) is 1.72. The van der Waals surface area contributed by atoms with Crippen LogP contribution in [0.3, 0.4) is 0 Å². The molecule has 0 aromatic carbocycles. The standard InChI is InChI=1S/C6H10ClNO/c1-3-5(7)6(2,9)4-8/h5,9H,3H2,1-2H3/t5-,6+/m0/s1. The summed E-state index contributed by atoms with van der Waals surface area (Å²) in [5.41, 5.74) is -1.38. The van der Waals surface area contributed by atoms with Gasteiger partial charge in [-0.15, -0.1) is 11.6 Å². The fourth-order valence-corrected chi connectivity index (χ4v) is 0.516. The predicted octanol–water partition coefficient (Wildman–Crippen LogP) is 1.28. The summed E-state index contributed by atoms with van der Waals surface area (Å²) in [4.78, 5) is 0. The molecule has 0 aliphatic rings. The van der Waals surface area contributed by atoms with Crippen molar-refractivity contribution in [3.8, 4) is 6.07 Å². The summed E-state index contributed by atoms with van der Waals surface area (Å²) >= 11 is 5.58. The maximum atomic E-state index is 9.10. The maximum Gasteiger partial charge on any atom is 0.164 e. The molecule has 0 bridgehead atoms. The van der Waals surface area contributed by atoms with Crippen molar-refractivity contribution in [2.75, 3.05) is 0 Å². The second-order valence-electron chi connectivity index (χ2n) is 2.14. The van der Waals surface area contributed by atoms with E-state index in [0.29, 0.717) is 6.42 Å². The molecular formula is C6H10ClNO. The van der Waals surface area contributed by atoms with E-state index in [2.05, 4.69) is 0 Å². The van der Waals surface area contributed by atoms with Gasteiger partial charge in [0, 0.05) is 0 Å². The van der Waals surface area contributed by atoms with Crippen molar-refractivity contribution in [2.45, 2.75) is 31.2 Å². The fraction of sp³-hybridized carbons (Fsp3) is 0.833. The van der Waals surface area contributed by atoms with Gasteiger partial charge in [-0.2, -0.15) is 5.26 Å². The topological polar surface area (TPSA) is 44.0 Å². The third-order valence-electron chi connectivity index (χ3n) is 1.19. The third-order valence-corrected chi connectivity index (χ3v) is 1.93. The van der Waals surface area contributed by atoms with Gasteiger partial charge < -0.3 is 5.11 Å². The summed E-state index contributed by atoms with van der Waals surface area (Å²) in [6.45, 7) is 3.23. The molecule has 1 N–H and O–H groups in total. The van der Waals surface area contributed by atoms with Gasteiger partial charge in [-0.1, -0.05) is 6.92 Å². The highest BCUT2D eigenvalue weighted by Crippen LogP contribution is 2.17. The molecule has 52 valence electrons. The molecule has 0 spiro atoms. The number of nitriles is 1. The van der Waals surface area contributed by atoms with Crippen molar-refractivity contribution >= 4 is 11.6 Å². The zero-order chi connectivity index (χ0) is 7.49. The molecule has 3 heteroatoms. The average Bonchev–Trinajstić information content (AvgIpc) is 1.86. The first-order chi connectivity index (χ1) is 4.04. The number of halogens is 1. The minimum atomic E-state index is -1.38. The second-order valence-corrected chi connectivity index (χ2v) is 2.66. The van der Waals surface area contributed by atoms with Crippen molar-refractivity contribution in [1.82, 2.24) is 0 Å². The molecule has 0 unspecified atom stereocenters. The molecule has 0 saturated heterocycles. The Hall–Kier alpha value is -0.260. The highest BCUT2D eigenvalue weighted by molar-refractivity contribution is 6.21. The minimum absolute atomic E-state index is 0.470. The molecule has 0 radical (unpaired) electrons. The highest BCUT2D eigenvalue weighted by atomic mass is 35.5. The van der Waals surface area contributed by atoms with Crippen LogP contribution in [0.1, 0.15) is 20.3 Å². The van der Waals surface area contributed by atoms with Crippen molar-refractivity contribution < 1.29 is 5.11 Å². The predicted molar refractivity (Wildman–Crippen MR) is 36.2 cm³/mol. The van der Waals surface area contributed by atoms with Crippen molar-refractivity contribution in [2.24, 2.45) is 0 Å². The molecule has 9 heavy (non-hydrogen) atoms. The smallest absolute Gasteiger partial charge is 0.164 e. The van der Waals surface area contributed by atoms with E-state index in [9.17, 15) is 0 Å². The lowest BCUT2D eigenvalue weighted by Crippen LogP contribution is -2.32. The summed E-state index contributed by atoms with van der Waals surface area (Å²) in [5, 5.41) is 16.9. The van der Waals surface area contributed by atoms with Gasteiger partial charge in [0.25, 0.3) is 0 Å². The molecule has 0 aromatic heterocycles. The molecule has 0 rings (SSSR count). The molecule has 2 atom stereocenters. The first-order valence-corrected chi connectivity index (χ1v) is 3.26. The highest BCUT2D eigenvalue weighted by Gasteiger charge is 2.28. The first-order valence-electron chi connectivity index (χ1n) is 2.82. The van der Waals surface area contributed by atoms with Gasteiger partial charge >= 0.3 is 0 Å². The molecule has 0 saturated carbocycles. The van der Waals surface area contributed by atoms with Gasteiger partial charge in [0.2, 0.25) is 0 Å². The molecule has 0 aliphatic heterocycles. The number of rotatable bonds is 2. The zero-order valence-corrected chi connectivity index (χ0v) is 6.31. The Morgan fingerprint density at radius 1 is 1.89 bits per heavy atom. The van der Waals surface area contributed by atoms with Gasteiger partial charge in [0.05, 0.1) is 11.4 Å². The van der Waals surface area contributed by atoms with Crippen molar-refractivity contribution in [3.63, 3.8) is 0 Å². The zero-order valence-electron chi connectivity index (χ0n) is 5.56. The first kappa shape index (κ1) is 8.74. The molecule has 0 heterocycles. The Morgan fingerprint density at radius 3 is 2.44 bits per heavy atom. The van der Waals surface area contributed by atoms with Crippen LogP contribution in [0, 0.1) is 11.3 Å². The van der Waals surface area contributed by atoms with Crippen molar-refractivity contribution in [1.29, 1.82) is 5.26 Å². The van der Waals surface area contributed by atoms with E-state index < -0.39 is 11.0 Å². The van der Waals surface area contributed by atoms with Gasteiger partial charge in [-0.25, -0.2) is 0 Å². The Balaban J connectivity index is 4.01. The number of aliphatic hydroxyl groups is 1. The van der Waals surface area contributed by atoms with Crippen LogP contribution in [0.15, 0.2) is 0 Å². The lowest BCUT2D eigenvalue weighted by molar-refractivity contribution is 0.113. The van der Waals surface area contributed by atoms with E-state index in [-0.39, 0.29) is 0 Å². The Labute approximate surface area is 60.1 Å². The SMILES string of the molecule is CC[C@H](Cl)[C@](C)(O)C#N. The largest absolute Gasteiger partial charge is 0.374 e. The summed E-state index contributed by atoms with van der Waals surface area (Å²) in [5.74, 6) is 0. The molecule has 0 amide bonds. The third kappa shape index (κ3) is 2.21. The summed E-state index contributed by atoms with van der Waals surface area (Å²) in [7, 11) is 0. The van der Waals surface area contributed by atoms with Crippen LogP contribution in [0.2, 0.25) is 0 Å². The van der Waals surface area contributed by atoms with Crippen LogP contribution in [0.4, 0.5) is 0 Å². The quantitative estimate of drug-likeness (QED) is 0.473. The monoisotopic (exact) mass is 147 g/mol. The average molecular weight is 148 g/mol. The molecule has 0 aromatic rings. The Kier molecular flexibility index (Phi) is 2.96. The van der Waals surface area contributed by atoms with Crippen LogP contribution in [0.5, 0.6) is 0 Å². The number of nitrogens with zero attached hydrogens (tertiary/aromatic N) is 1. The van der Waals surface area contributed by atoms with Crippen LogP contribution in [-0.2, 0) is 0 Å². The van der Waals surface area contributed by atoms with Gasteiger partial charge in [-0.3, -0.25) is 0 Å². The Morgan fingerprint density at radius 2 is 2.33 bits per heavy atom. The summed E-state index contributed by atoms with van der Waals surface area (Å²) in [6.07, 6.45) is 0.599.